The molecule has 4 aliphatic heterocycles. The first-order valence-electron chi connectivity index (χ1n) is 31.5. The number of carbonyl (C=O) groups is 10. The first-order chi connectivity index (χ1) is 45.1. The van der Waals surface area contributed by atoms with E-state index in [0.29, 0.717) is 83.3 Å². The first-order valence-corrected chi connectivity index (χ1v) is 33.8. The molecule has 2 bridgehead atoms. The monoisotopic (exact) mass is 1360 g/mol. The zero-order valence-electron chi connectivity index (χ0n) is 53.4. The molecule has 35 heteroatoms. The number of piperidine rings is 1. The molecular weight excluding hydrogens is 1270 g/mol. The maximum absolute atomic E-state index is 15.6. The molecule has 1 aromatic heterocycles. The number of thioether (sulfide) groups is 1. The molecule has 2 unspecified atom stereocenters. The van der Waals surface area contributed by atoms with Gasteiger partial charge in [0.2, 0.25) is 64.1 Å². The standard InChI is InChI=1S/C59H90N14O19S2/c1-5-33(2)37-8-12-62-47(78)27-64-54(82)39-26-63-57(85)51(34(3)44(76)30-74)69-56(84)43-24-35(75)29-73(43)59(86)41(25-46(60)77)68-55(83)42(67-48(79)28-65-53(37)81)32-94(87)58-50(39)38-6-7-45(88-4)40(52(38)70-58)31-93-36-9-14-72(15-10-36)49(80)11-16-89-18-20-91-22-23-92-21-19-90-17-13-66-71-61/h6-7,33-37,39,41-44,51,70,74-76H,5,8-32H2,1-4H3,(H2,60,77)(H,62,78)(H,63,85)(H,64,82)(H,65,81)(H,67,79)(H,68,83)(H,69,84)/t33-,34-,35+,37-,39+,41-,42+,43?,44-,51-,94?/m0/s1. The fraction of sp³-hybridized carbons (Fsp3) is 0.695. The molecule has 2 aromatic rings. The van der Waals surface area contributed by atoms with Crippen LogP contribution < -0.4 is 47.7 Å². The molecule has 94 heavy (non-hydrogen) atoms. The molecule has 0 saturated carbocycles. The maximum Gasteiger partial charge on any atom is 0.248 e. The molecule has 0 spiro atoms. The summed E-state index contributed by atoms with van der Waals surface area (Å²) in [5.41, 5.74) is 14.7. The molecule has 11 atom stereocenters. The molecule has 2 fully saturated rings. The third kappa shape index (κ3) is 22.0. The van der Waals surface area contributed by atoms with E-state index in [2.05, 4.69) is 52.2 Å². The van der Waals surface area contributed by atoms with Gasteiger partial charge in [-0.05, 0) is 42.8 Å². The van der Waals surface area contributed by atoms with E-state index in [4.69, 9.17) is 34.9 Å². The number of likely N-dealkylation sites (tertiary alicyclic amines) is 1. The van der Waals surface area contributed by atoms with Crippen molar-refractivity contribution in [3.05, 3.63) is 33.7 Å². The Morgan fingerprint density at radius 3 is 2.16 bits per heavy atom. The first kappa shape index (κ1) is 76.0. The number of aliphatic hydroxyl groups excluding tert-OH is 3. The van der Waals surface area contributed by atoms with E-state index in [1.165, 1.54) is 14.0 Å². The van der Waals surface area contributed by atoms with Crippen molar-refractivity contribution < 1.29 is 91.5 Å². The lowest BCUT2D eigenvalue weighted by Crippen LogP contribution is -2.61. The summed E-state index contributed by atoms with van der Waals surface area (Å²) in [7, 11) is 1.44. The van der Waals surface area contributed by atoms with Gasteiger partial charge in [-0.3, -0.25) is 47.9 Å². The van der Waals surface area contributed by atoms with Crippen LogP contribution in [0.4, 0.5) is 0 Å². The van der Waals surface area contributed by atoms with Gasteiger partial charge in [-0.15, -0.1) is 0 Å². The van der Waals surface area contributed by atoms with Crippen LogP contribution in [0.15, 0.2) is 22.3 Å². The Labute approximate surface area is 551 Å². The number of hydrogen-bond donors (Lipinski definition) is 12. The van der Waals surface area contributed by atoms with Crippen molar-refractivity contribution in [3.8, 4) is 5.75 Å². The van der Waals surface area contributed by atoms with Crippen LogP contribution in [0.1, 0.15) is 82.8 Å². The van der Waals surface area contributed by atoms with Crippen molar-refractivity contribution in [1.29, 1.82) is 0 Å². The number of ether oxygens (including phenoxy) is 5. The van der Waals surface area contributed by atoms with Crippen LogP contribution in [0.2, 0.25) is 0 Å². The number of methoxy groups -OCH3 is 1. The minimum Gasteiger partial charge on any atom is -0.610 e. The molecule has 1 aromatic carbocycles. The van der Waals surface area contributed by atoms with Crippen molar-refractivity contribution in [2.75, 3.05) is 125 Å². The highest BCUT2D eigenvalue weighted by Gasteiger charge is 2.46. The highest BCUT2D eigenvalue weighted by Crippen LogP contribution is 2.41. The van der Waals surface area contributed by atoms with E-state index < -0.39 is 170 Å². The molecule has 5 heterocycles. The van der Waals surface area contributed by atoms with Crippen LogP contribution in [0.3, 0.4) is 0 Å². The predicted molar refractivity (Wildman–Crippen MR) is 339 cm³/mol. The molecule has 13 N–H and O–H groups in total. The molecule has 4 aliphatic rings. The fourth-order valence-corrected chi connectivity index (χ4v) is 14.0. The molecule has 2 saturated heterocycles. The van der Waals surface area contributed by atoms with Crippen molar-refractivity contribution in [3.63, 3.8) is 0 Å². The predicted octanol–water partition coefficient (Wildman–Crippen LogP) is -2.82. The summed E-state index contributed by atoms with van der Waals surface area (Å²) < 4.78 is 43.4. The average molecular weight is 1360 g/mol. The van der Waals surface area contributed by atoms with Crippen molar-refractivity contribution >= 4 is 92.9 Å². The number of nitrogens with zero attached hydrogens (tertiary/aromatic N) is 5. The number of primary amides is 1. The van der Waals surface area contributed by atoms with Gasteiger partial charge in [0.05, 0.1) is 116 Å². The Hall–Kier alpha value is -7.05. The van der Waals surface area contributed by atoms with E-state index in [9.17, 15) is 58.5 Å². The molecule has 10 amide bonds. The van der Waals surface area contributed by atoms with Crippen molar-refractivity contribution in [1.82, 2.24) is 52.0 Å². The highest BCUT2D eigenvalue weighted by molar-refractivity contribution is 7.99. The van der Waals surface area contributed by atoms with Crippen LogP contribution in [-0.2, 0) is 83.8 Å². The Morgan fingerprint density at radius 2 is 1.51 bits per heavy atom. The van der Waals surface area contributed by atoms with E-state index in [-0.39, 0.29) is 83.5 Å². The smallest absolute Gasteiger partial charge is 0.248 e. The maximum atomic E-state index is 15.6. The number of rotatable bonds is 26. The quantitative estimate of drug-likeness (QED) is 0.0149. The van der Waals surface area contributed by atoms with Crippen molar-refractivity contribution in [2.24, 2.45) is 28.6 Å². The second kappa shape index (κ2) is 38.5. The van der Waals surface area contributed by atoms with Crippen LogP contribution in [0.5, 0.6) is 5.75 Å². The molecule has 33 nitrogen and oxygen atoms in total. The number of aromatic nitrogens is 1. The number of benzene rings is 1. The number of aromatic amines is 1. The lowest BCUT2D eigenvalue weighted by Gasteiger charge is -2.32. The number of nitrogens with two attached hydrogens (primary N) is 1. The lowest BCUT2D eigenvalue weighted by atomic mass is 9.88. The van der Waals surface area contributed by atoms with Crippen LogP contribution in [-0.4, -0.2) is 260 Å². The number of aliphatic hydroxyl groups is 3. The second-order valence-corrected chi connectivity index (χ2v) is 26.0. The third-order valence-corrected chi connectivity index (χ3v) is 19.7. The normalized spacial score (nSPS) is 24.5. The largest absolute Gasteiger partial charge is 0.610 e. The van der Waals surface area contributed by atoms with Crippen LogP contribution in [0, 0.1) is 17.8 Å². The topological polar surface area (TPSA) is 482 Å². The molecule has 522 valence electrons. The van der Waals surface area contributed by atoms with Gasteiger partial charge in [-0.2, -0.15) is 11.8 Å². The molecule has 0 radical (unpaired) electrons. The van der Waals surface area contributed by atoms with Gasteiger partial charge < -0.3 is 101 Å². The minimum absolute atomic E-state index is 0.0119. The summed E-state index contributed by atoms with van der Waals surface area (Å²) in [5, 5.41) is 53.5. The average Bonchev–Trinajstić information content (AvgIpc) is 1.60. The van der Waals surface area contributed by atoms with E-state index in [0.717, 1.165) is 4.90 Å². The van der Waals surface area contributed by atoms with E-state index in [1.807, 2.05) is 13.8 Å². The summed E-state index contributed by atoms with van der Waals surface area (Å²) in [6.45, 7) is 5.17. The lowest BCUT2D eigenvalue weighted by molar-refractivity contribution is -0.144. The van der Waals surface area contributed by atoms with E-state index >= 15 is 9.35 Å². The number of fused-ring (bicyclic) bond motifs is 4. The minimum atomic E-state index is -2.53. The molecule has 0 aliphatic carbocycles. The highest BCUT2D eigenvalue weighted by atomic mass is 32.2. The summed E-state index contributed by atoms with van der Waals surface area (Å²) in [5.74, 6) is -12.8. The number of hydrogen-bond acceptors (Lipinski definition) is 21. The van der Waals surface area contributed by atoms with Gasteiger partial charge in [-0.1, -0.05) is 32.3 Å². The Bertz CT molecular complexity index is 2990. The van der Waals surface area contributed by atoms with Gasteiger partial charge in [0.15, 0.2) is 6.04 Å². The van der Waals surface area contributed by atoms with Gasteiger partial charge in [0.25, 0.3) is 0 Å². The number of carbonyl (C=O) groups excluding carboxylic acids is 10. The van der Waals surface area contributed by atoms with Gasteiger partial charge >= 0.3 is 0 Å². The third-order valence-electron chi connectivity index (χ3n) is 16.9. The van der Waals surface area contributed by atoms with Gasteiger partial charge in [0.1, 0.15) is 29.6 Å². The zero-order valence-corrected chi connectivity index (χ0v) is 55.0. The fourth-order valence-electron chi connectivity index (χ4n) is 11.4. The Kier molecular flexibility index (Phi) is 31.1. The van der Waals surface area contributed by atoms with Crippen molar-refractivity contribution in [2.45, 2.75) is 124 Å². The summed E-state index contributed by atoms with van der Waals surface area (Å²) in [4.78, 5) is 150. The molecular formula is C59H90N14O19S2. The zero-order chi connectivity index (χ0) is 68.4. The summed E-state index contributed by atoms with van der Waals surface area (Å²) >= 11 is -0.985. The van der Waals surface area contributed by atoms with Gasteiger partial charge in [0, 0.05) is 101 Å². The Morgan fingerprint density at radius 1 is 0.851 bits per heavy atom. The van der Waals surface area contributed by atoms with E-state index in [1.54, 1.807) is 28.8 Å². The van der Waals surface area contributed by atoms with Crippen LogP contribution >= 0.6 is 11.8 Å². The number of nitrogens with one attached hydrogen (secondary N) is 8. The SMILES string of the molecule is CC[C@H](C)[C@@H]1CCNC(=O)CNC(=O)[C@@H]2CNC(=O)[C@H]([C@@H](C)[C@@H](O)CO)NC(=O)C3C[C@@H](O)CN3C(=O)[C@H](CC(N)=O)NC(=O)[C@@H](C[S+]([O-])c3[nH]c4c(CSC5CCN(C(=O)CCOCCOCCOCCOCCN=[N+]=[N-])CC5)c(OC)ccc4c32)NC(=O)CNC1=O. The second-order valence-electron chi connectivity index (χ2n) is 23.3. The van der Waals surface area contributed by atoms with Gasteiger partial charge in [-0.25, -0.2) is 0 Å². The summed E-state index contributed by atoms with van der Waals surface area (Å²) in [6.07, 6.45) is -2.30. The van der Waals surface area contributed by atoms with Crippen LogP contribution in [0.25, 0.3) is 21.3 Å². The number of H-pyrrole nitrogens is 1. The Balaban J connectivity index is 1.34. The summed E-state index contributed by atoms with van der Waals surface area (Å²) in [6, 6.07) is -3.87. The molecule has 6 rings (SSSR count). The number of amides is 10. The number of azide groups is 1.